The number of nitrogens with zero attached hydrogens (tertiary/aromatic N) is 5. The number of aromatic nitrogens is 4. The molecule has 2 aromatic rings. The van der Waals surface area contributed by atoms with Gasteiger partial charge >= 0.3 is 0 Å². The zero-order valence-electron chi connectivity index (χ0n) is 11.8. The van der Waals surface area contributed by atoms with E-state index < -0.39 is 0 Å². The van der Waals surface area contributed by atoms with Crippen LogP contribution in [0.3, 0.4) is 0 Å². The second kappa shape index (κ2) is 6.72. The highest BCUT2D eigenvalue weighted by molar-refractivity contribution is 7.99. The lowest BCUT2D eigenvalue weighted by atomic mass is 10.3. The van der Waals surface area contributed by atoms with E-state index in [0.717, 1.165) is 47.1 Å². The van der Waals surface area contributed by atoms with Gasteiger partial charge < -0.3 is 9.64 Å². The Morgan fingerprint density at radius 1 is 1.24 bits per heavy atom. The third-order valence-corrected chi connectivity index (χ3v) is 4.51. The number of anilines is 1. The number of ether oxygens (including phenoxy) is 1. The van der Waals surface area contributed by atoms with Crippen molar-refractivity contribution in [3.63, 3.8) is 0 Å². The lowest BCUT2D eigenvalue weighted by Gasteiger charge is -2.28. The van der Waals surface area contributed by atoms with E-state index in [0.29, 0.717) is 13.2 Å². The zero-order chi connectivity index (χ0) is 14.7. The minimum Gasteiger partial charge on any atom is -0.378 e. The van der Waals surface area contributed by atoms with Crippen molar-refractivity contribution in [1.82, 2.24) is 19.9 Å². The minimum atomic E-state index is 0.233. The molecule has 0 radical (unpaired) electrons. The van der Waals surface area contributed by atoms with Gasteiger partial charge in [0.05, 0.1) is 13.2 Å². The maximum atomic E-state index is 6.10. The van der Waals surface area contributed by atoms with Crippen LogP contribution in [0.5, 0.6) is 0 Å². The van der Waals surface area contributed by atoms with Crippen LogP contribution in [0.25, 0.3) is 11.0 Å². The second-order valence-corrected chi connectivity index (χ2v) is 6.06. The smallest absolute Gasteiger partial charge is 0.225 e. The van der Waals surface area contributed by atoms with Crippen molar-refractivity contribution in [2.45, 2.75) is 18.4 Å². The largest absolute Gasteiger partial charge is 0.378 e. The number of thioether (sulfide) groups is 1. The summed E-state index contributed by atoms with van der Waals surface area (Å²) in [6, 6.07) is 0. The van der Waals surface area contributed by atoms with E-state index in [1.54, 1.807) is 18.1 Å². The molecular weight excluding hydrogens is 310 g/mol. The fraction of sp³-hybridized carbons (Fsp3) is 0.538. The standard InChI is InChI=1S/C13H16ClN5OS/c1-2-7-21-12-10-9(15-8-16-12)11(18-13(14)17-10)19-3-5-20-6-4-19/h8H,2-7H2,1H3. The maximum absolute atomic E-state index is 6.10. The monoisotopic (exact) mass is 325 g/mol. The Balaban J connectivity index is 2.07. The lowest BCUT2D eigenvalue weighted by Crippen LogP contribution is -2.37. The molecule has 0 aromatic carbocycles. The molecule has 1 aliphatic rings. The second-order valence-electron chi connectivity index (χ2n) is 4.64. The Hall–Kier alpha value is -1.18. The summed E-state index contributed by atoms with van der Waals surface area (Å²) in [5, 5.41) is 1.10. The average molecular weight is 326 g/mol. The van der Waals surface area contributed by atoms with Gasteiger partial charge in [0.15, 0.2) is 5.82 Å². The summed E-state index contributed by atoms with van der Waals surface area (Å²) in [4.78, 5) is 19.6. The van der Waals surface area contributed by atoms with Crippen molar-refractivity contribution in [3.05, 3.63) is 11.6 Å². The van der Waals surface area contributed by atoms with E-state index in [4.69, 9.17) is 16.3 Å². The Morgan fingerprint density at radius 3 is 2.81 bits per heavy atom. The van der Waals surface area contributed by atoms with Gasteiger partial charge in [0.1, 0.15) is 22.4 Å². The van der Waals surface area contributed by atoms with E-state index in [9.17, 15) is 0 Å². The molecule has 8 heteroatoms. The SMILES string of the molecule is CCCSc1ncnc2c(N3CCOCC3)nc(Cl)nc12. The van der Waals surface area contributed by atoms with Gasteiger partial charge in [0.2, 0.25) is 5.28 Å². The van der Waals surface area contributed by atoms with Crippen molar-refractivity contribution in [2.75, 3.05) is 37.0 Å². The highest BCUT2D eigenvalue weighted by Crippen LogP contribution is 2.29. The first-order valence-corrected chi connectivity index (χ1v) is 8.29. The molecule has 21 heavy (non-hydrogen) atoms. The van der Waals surface area contributed by atoms with E-state index >= 15 is 0 Å². The predicted octanol–water partition coefficient (Wildman–Crippen LogP) is 2.41. The van der Waals surface area contributed by atoms with Crippen molar-refractivity contribution in [2.24, 2.45) is 0 Å². The van der Waals surface area contributed by atoms with Gasteiger partial charge in [0.25, 0.3) is 0 Å². The number of rotatable bonds is 4. The van der Waals surface area contributed by atoms with Crippen molar-refractivity contribution < 1.29 is 4.74 Å². The summed E-state index contributed by atoms with van der Waals surface area (Å²) in [7, 11) is 0. The lowest BCUT2D eigenvalue weighted by molar-refractivity contribution is 0.122. The summed E-state index contributed by atoms with van der Waals surface area (Å²) < 4.78 is 5.39. The minimum absolute atomic E-state index is 0.233. The molecule has 3 heterocycles. The molecule has 0 aliphatic carbocycles. The number of hydrogen-bond acceptors (Lipinski definition) is 7. The Bertz CT molecular complexity index is 635. The Morgan fingerprint density at radius 2 is 2.05 bits per heavy atom. The summed E-state index contributed by atoms with van der Waals surface area (Å²) in [6.45, 7) is 5.07. The van der Waals surface area contributed by atoms with Crippen LogP contribution in [-0.2, 0) is 4.74 Å². The van der Waals surface area contributed by atoms with Crippen LogP contribution in [0, 0.1) is 0 Å². The van der Waals surface area contributed by atoms with Crippen LogP contribution in [0.4, 0.5) is 5.82 Å². The van der Waals surface area contributed by atoms with Gasteiger partial charge in [-0.05, 0) is 23.8 Å². The molecule has 0 amide bonds. The molecule has 112 valence electrons. The average Bonchev–Trinajstić information content (AvgIpc) is 2.53. The Labute approximate surface area is 132 Å². The molecule has 2 aromatic heterocycles. The first-order chi connectivity index (χ1) is 10.3. The van der Waals surface area contributed by atoms with Gasteiger partial charge in [-0.2, -0.15) is 4.98 Å². The first kappa shape index (κ1) is 14.7. The van der Waals surface area contributed by atoms with Crippen molar-refractivity contribution in [1.29, 1.82) is 0 Å². The highest BCUT2D eigenvalue weighted by atomic mass is 35.5. The van der Waals surface area contributed by atoms with E-state index in [1.807, 2.05) is 0 Å². The molecule has 1 saturated heterocycles. The van der Waals surface area contributed by atoms with Crippen LogP contribution < -0.4 is 4.90 Å². The normalized spacial score (nSPS) is 15.6. The van der Waals surface area contributed by atoms with E-state index in [-0.39, 0.29) is 5.28 Å². The molecule has 6 nitrogen and oxygen atoms in total. The number of halogens is 1. The topological polar surface area (TPSA) is 64.0 Å². The molecule has 3 rings (SSSR count). The third kappa shape index (κ3) is 3.20. The maximum Gasteiger partial charge on any atom is 0.225 e. The summed E-state index contributed by atoms with van der Waals surface area (Å²) in [5.41, 5.74) is 1.49. The number of fused-ring (bicyclic) bond motifs is 1. The molecule has 0 saturated carbocycles. The summed E-state index contributed by atoms with van der Waals surface area (Å²) >= 11 is 7.77. The quantitative estimate of drug-likeness (QED) is 0.486. The van der Waals surface area contributed by atoms with Gasteiger partial charge in [-0.1, -0.05) is 6.92 Å². The first-order valence-electron chi connectivity index (χ1n) is 6.93. The van der Waals surface area contributed by atoms with Crippen molar-refractivity contribution >= 4 is 40.2 Å². The summed E-state index contributed by atoms with van der Waals surface area (Å²) in [6.07, 6.45) is 2.65. The van der Waals surface area contributed by atoms with Gasteiger partial charge in [-0.15, -0.1) is 11.8 Å². The molecule has 0 spiro atoms. The zero-order valence-corrected chi connectivity index (χ0v) is 13.3. The fourth-order valence-electron chi connectivity index (χ4n) is 2.18. The number of hydrogen-bond donors (Lipinski definition) is 0. The van der Waals surface area contributed by atoms with Crippen molar-refractivity contribution in [3.8, 4) is 0 Å². The molecule has 1 fully saturated rings. The van der Waals surface area contributed by atoms with Gasteiger partial charge in [0, 0.05) is 13.1 Å². The van der Waals surface area contributed by atoms with Gasteiger partial charge in [-0.3, -0.25) is 0 Å². The molecule has 0 atom stereocenters. The van der Waals surface area contributed by atoms with Crippen LogP contribution in [0.2, 0.25) is 5.28 Å². The highest BCUT2D eigenvalue weighted by Gasteiger charge is 2.19. The molecule has 0 bridgehead atoms. The molecular formula is C13H16ClN5OS. The molecule has 0 unspecified atom stereocenters. The fourth-order valence-corrected chi connectivity index (χ4v) is 3.15. The number of morpholine rings is 1. The Kier molecular flexibility index (Phi) is 4.72. The third-order valence-electron chi connectivity index (χ3n) is 3.16. The predicted molar refractivity (Wildman–Crippen MR) is 84.2 cm³/mol. The van der Waals surface area contributed by atoms with Crippen LogP contribution >= 0.6 is 23.4 Å². The van der Waals surface area contributed by atoms with Crippen LogP contribution in [0.1, 0.15) is 13.3 Å². The molecule has 0 N–H and O–H groups in total. The van der Waals surface area contributed by atoms with E-state index in [2.05, 4.69) is 31.8 Å². The molecule has 1 aliphatic heterocycles. The summed E-state index contributed by atoms with van der Waals surface area (Å²) in [5.74, 6) is 1.76. The van der Waals surface area contributed by atoms with Gasteiger partial charge in [-0.25, -0.2) is 15.0 Å². The van der Waals surface area contributed by atoms with Crippen LogP contribution in [-0.4, -0.2) is 52.0 Å². The van der Waals surface area contributed by atoms with Crippen LogP contribution in [0.15, 0.2) is 11.4 Å². The van der Waals surface area contributed by atoms with E-state index in [1.165, 1.54) is 0 Å².